The number of benzene rings is 2. The van der Waals surface area contributed by atoms with E-state index in [0.717, 1.165) is 5.39 Å². The summed E-state index contributed by atoms with van der Waals surface area (Å²) in [5.74, 6) is -0.907. The summed E-state index contributed by atoms with van der Waals surface area (Å²) in [6, 6.07) is 17.0. The van der Waals surface area contributed by atoms with Crippen molar-refractivity contribution in [3.05, 3.63) is 84.0 Å². The second kappa shape index (κ2) is 9.09. The lowest BCUT2D eigenvalue weighted by atomic mass is 10.1. The summed E-state index contributed by atoms with van der Waals surface area (Å²) >= 11 is 0. The molecule has 0 spiro atoms. The Morgan fingerprint density at radius 1 is 0.938 bits per heavy atom. The van der Waals surface area contributed by atoms with Crippen molar-refractivity contribution in [2.75, 3.05) is 11.9 Å². The van der Waals surface area contributed by atoms with E-state index < -0.39 is 17.7 Å². The highest BCUT2D eigenvalue weighted by Gasteiger charge is 2.18. The van der Waals surface area contributed by atoms with Crippen LogP contribution in [0.15, 0.2) is 75.8 Å². The van der Waals surface area contributed by atoms with Crippen molar-refractivity contribution in [3.8, 4) is 5.75 Å². The molecule has 3 amide bonds. The first-order valence-electron chi connectivity index (χ1n) is 9.66. The molecule has 2 aromatic heterocycles. The number of aryl methyl sites for hydroxylation is 1. The molecule has 0 aliphatic heterocycles. The summed E-state index contributed by atoms with van der Waals surface area (Å²) in [4.78, 5) is 36.5. The van der Waals surface area contributed by atoms with Gasteiger partial charge in [-0.3, -0.25) is 25.2 Å². The number of amides is 3. The molecular weight excluding hydrogens is 414 g/mol. The van der Waals surface area contributed by atoms with Crippen LogP contribution in [0, 0.1) is 6.92 Å². The molecule has 0 atom stereocenters. The molecular formula is C23H19N3O6. The van der Waals surface area contributed by atoms with E-state index in [9.17, 15) is 14.4 Å². The Morgan fingerprint density at radius 2 is 1.78 bits per heavy atom. The second-order valence-corrected chi connectivity index (χ2v) is 6.80. The summed E-state index contributed by atoms with van der Waals surface area (Å²) < 4.78 is 16.0. The molecule has 9 nitrogen and oxygen atoms in total. The van der Waals surface area contributed by atoms with Crippen molar-refractivity contribution in [2.24, 2.45) is 0 Å². The number of furan rings is 2. The zero-order valence-electron chi connectivity index (χ0n) is 17.0. The fourth-order valence-electron chi connectivity index (χ4n) is 3.02. The third-order valence-electron chi connectivity index (χ3n) is 4.57. The van der Waals surface area contributed by atoms with Crippen molar-refractivity contribution in [1.82, 2.24) is 10.9 Å². The molecule has 0 aliphatic carbocycles. The van der Waals surface area contributed by atoms with Gasteiger partial charge in [0.1, 0.15) is 11.3 Å². The lowest BCUT2D eigenvalue weighted by Gasteiger charge is -2.10. The highest BCUT2D eigenvalue weighted by molar-refractivity contribution is 6.02. The summed E-state index contributed by atoms with van der Waals surface area (Å²) in [6.45, 7) is 1.41. The molecule has 0 saturated heterocycles. The number of carbonyl (C=O) groups excluding carboxylic acids is 3. The van der Waals surface area contributed by atoms with Crippen LogP contribution in [0.2, 0.25) is 0 Å². The predicted octanol–water partition coefficient (Wildman–Crippen LogP) is 3.43. The first kappa shape index (κ1) is 20.7. The summed E-state index contributed by atoms with van der Waals surface area (Å²) in [7, 11) is 0. The third kappa shape index (κ3) is 4.62. The number of para-hydroxylation sites is 1. The maximum Gasteiger partial charge on any atom is 0.305 e. The molecule has 4 aromatic rings. The number of hydrogen-bond acceptors (Lipinski definition) is 6. The van der Waals surface area contributed by atoms with Crippen molar-refractivity contribution in [3.63, 3.8) is 0 Å². The van der Waals surface area contributed by atoms with Crippen molar-refractivity contribution < 1.29 is 28.0 Å². The van der Waals surface area contributed by atoms with Gasteiger partial charge in [0.05, 0.1) is 6.26 Å². The van der Waals surface area contributed by atoms with Crippen LogP contribution in [-0.2, 0) is 4.79 Å². The number of ether oxygens (including phenoxy) is 1. The van der Waals surface area contributed by atoms with E-state index >= 15 is 0 Å². The first-order chi connectivity index (χ1) is 15.5. The van der Waals surface area contributed by atoms with Gasteiger partial charge in [-0.1, -0.05) is 24.3 Å². The van der Waals surface area contributed by atoms with Gasteiger partial charge >= 0.3 is 5.91 Å². The Balaban J connectivity index is 1.29. The van der Waals surface area contributed by atoms with E-state index in [0.29, 0.717) is 22.6 Å². The number of fused-ring (bicyclic) bond motifs is 1. The van der Waals surface area contributed by atoms with Gasteiger partial charge in [0.2, 0.25) is 0 Å². The standard InChI is InChI=1S/C23H19N3O6/c1-14-17-8-2-3-9-18(17)32-21(14)23(29)26-25-20(27)13-31-16-7-4-6-15(12-16)24-22(28)19-10-5-11-30-19/h2-12H,13H2,1H3,(H,24,28)(H,25,27)(H,26,29). The Morgan fingerprint density at radius 3 is 2.56 bits per heavy atom. The summed E-state index contributed by atoms with van der Waals surface area (Å²) in [5, 5.41) is 3.49. The summed E-state index contributed by atoms with van der Waals surface area (Å²) in [5.41, 5.74) is 6.33. The van der Waals surface area contributed by atoms with Crippen molar-refractivity contribution in [1.29, 1.82) is 0 Å². The Bertz CT molecular complexity index is 1280. The van der Waals surface area contributed by atoms with E-state index in [1.54, 1.807) is 49.4 Å². The molecule has 0 aliphatic rings. The topological polar surface area (TPSA) is 123 Å². The zero-order valence-corrected chi connectivity index (χ0v) is 17.0. The molecule has 0 unspecified atom stereocenters. The Kier molecular flexibility index (Phi) is 5.89. The van der Waals surface area contributed by atoms with Crippen molar-refractivity contribution in [2.45, 2.75) is 6.92 Å². The molecule has 0 fully saturated rings. The minimum absolute atomic E-state index is 0.118. The number of hydrazine groups is 1. The van der Waals surface area contributed by atoms with Crippen molar-refractivity contribution >= 4 is 34.4 Å². The van der Waals surface area contributed by atoms with Gasteiger partial charge in [0.25, 0.3) is 11.8 Å². The van der Waals surface area contributed by atoms with Crippen LogP contribution in [0.4, 0.5) is 5.69 Å². The molecule has 0 bridgehead atoms. The van der Waals surface area contributed by atoms with Crippen LogP contribution in [0.3, 0.4) is 0 Å². The fraction of sp³-hybridized carbons (Fsp3) is 0.0870. The molecule has 2 aromatic carbocycles. The molecule has 162 valence electrons. The quantitative estimate of drug-likeness (QED) is 0.401. The first-order valence-corrected chi connectivity index (χ1v) is 9.66. The van der Waals surface area contributed by atoms with E-state index in [1.807, 2.05) is 18.2 Å². The maximum atomic E-state index is 12.4. The number of anilines is 1. The van der Waals surface area contributed by atoms with E-state index in [1.165, 1.54) is 6.26 Å². The summed E-state index contributed by atoms with van der Waals surface area (Å²) in [6.07, 6.45) is 1.40. The van der Waals surface area contributed by atoms with Gasteiger partial charge in [-0.15, -0.1) is 0 Å². The van der Waals surface area contributed by atoms with Gasteiger partial charge in [-0.2, -0.15) is 0 Å². The number of hydrogen-bond donors (Lipinski definition) is 3. The van der Waals surface area contributed by atoms with Gasteiger partial charge in [-0.05, 0) is 37.3 Å². The highest BCUT2D eigenvalue weighted by atomic mass is 16.5. The number of nitrogens with one attached hydrogen (secondary N) is 3. The van der Waals surface area contributed by atoms with Gasteiger partial charge in [-0.25, -0.2) is 0 Å². The molecule has 4 rings (SSSR count). The van der Waals surface area contributed by atoms with Crippen LogP contribution in [0.1, 0.15) is 26.7 Å². The molecule has 2 heterocycles. The predicted molar refractivity (Wildman–Crippen MR) is 115 cm³/mol. The second-order valence-electron chi connectivity index (χ2n) is 6.80. The lowest BCUT2D eigenvalue weighted by molar-refractivity contribution is -0.123. The average molecular weight is 433 g/mol. The monoisotopic (exact) mass is 433 g/mol. The van der Waals surface area contributed by atoms with E-state index in [-0.39, 0.29) is 18.1 Å². The Labute approximate surface area is 182 Å². The van der Waals surface area contributed by atoms with Crippen LogP contribution in [0.25, 0.3) is 11.0 Å². The molecule has 32 heavy (non-hydrogen) atoms. The van der Waals surface area contributed by atoms with Crippen LogP contribution in [0.5, 0.6) is 5.75 Å². The highest BCUT2D eigenvalue weighted by Crippen LogP contribution is 2.24. The smallest absolute Gasteiger partial charge is 0.305 e. The van der Waals surface area contributed by atoms with Crippen LogP contribution in [-0.4, -0.2) is 24.3 Å². The molecule has 0 saturated carbocycles. The molecule has 0 radical (unpaired) electrons. The fourth-order valence-corrected chi connectivity index (χ4v) is 3.02. The number of rotatable bonds is 6. The average Bonchev–Trinajstić information content (AvgIpc) is 3.45. The maximum absolute atomic E-state index is 12.4. The van der Waals surface area contributed by atoms with Gasteiger partial charge in [0, 0.05) is 22.7 Å². The molecule has 9 heteroatoms. The normalized spacial score (nSPS) is 10.5. The largest absolute Gasteiger partial charge is 0.484 e. The third-order valence-corrected chi connectivity index (χ3v) is 4.57. The SMILES string of the molecule is Cc1c(C(=O)NNC(=O)COc2cccc(NC(=O)c3ccco3)c2)oc2ccccc12. The lowest BCUT2D eigenvalue weighted by Crippen LogP contribution is -2.43. The minimum Gasteiger partial charge on any atom is -0.484 e. The Hall–Kier alpha value is -4.53. The van der Waals surface area contributed by atoms with E-state index in [4.69, 9.17) is 13.6 Å². The zero-order chi connectivity index (χ0) is 22.5. The van der Waals surface area contributed by atoms with Crippen LogP contribution < -0.4 is 20.9 Å². The van der Waals surface area contributed by atoms with E-state index in [2.05, 4.69) is 16.2 Å². The number of carbonyl (C=O) groups is 3. The van der Waals surface area contributed by atoms with Gasteiger partial charge in [0.15, 0.2) is 18.1 Å². The molecule has 3 N–H and O–H groups in total. The van der Waals surface area contributed by atoms with Crippen LogP contribution >= 0.6 is 0 Å². The van der Waals surface area contributed by atoms with Gasteiger partial charge < -0.3 is 18.9 Å². The minimum atomic E-state index is -0.574.